The highest BCUT2D eigenvalue weighted by molar-refractivity contribution is 7.99. The van der Waals surface area contributed by atoms with Crippen molar-refractivity contribution < 1.29 is 0 Å². The van der Waals surface area contributed by atoms with Gasteiger partial charge in [-0.05, 0) is 50.1 Å². The van der Waals surface area contributed by atoms with E-state index in [1.165, 1.54) is 5.56 Å². The van der Waals surface area contributed by atoms with Gasteiger partial charge >= 0.3 is 5.69 Å². The van der Waals surface area contributed by atoms with E-state index in [0.717, 1.165) is 39.9 Å². The molecule has 0 unspecified atom stereocenters. The van der Waals surface area contributed by atoms with Crippen molar-refractivity contribution in [1.29, 1.82) is 0 Å². The molecule has 0 spiro atoms. The summed E-state index contributed by atoms with van der Waals surface area (Å²) in [5.74, 6) is 1.73. The van der Waals surface area contributed by atoms with Crippen molar-refractivity contribution in [3.8, 4) is 5.69 Å². The minimum Gasteiger partial charge on any atom is -0.306 e. The monoisotopic (exact) mass is 379 g/mol. The summed E-state index contributed by atoms with van der Waals surface area (Å²) in [4.78, 5) is 15.1. The number of aryl methyl sites for hydroxylation is 3. The van der Waals surface area contributed by atoms with Gasteiger partial charge in [0.15, 0.2) is 5.16 Å². The highest BCUT2D eigenvalue weighted by Crippen LogP contribution is 2.23. The Kier molecular flexibility index (Phi) is 4.85. The van der Waals surface area contributed by atoms with Gasteiger partial charge < -0.3 is 4.98 Å². The zero-order valence-corrected chi connectivity index (χ0v) is 16.2. The zero-order chi connectivity index (χ0) is 18.8. The first-order valence-corrected chi connectivity index (χ1v) is 9.91. The van der Waals surface area contributed by atoms with E-state index >= 15 is 0 Å². The summed E-state index contributed by atoms with van der Waals surface area (Å²) >= 11 is 1.67. The summed E-state index contributed by atoms with van der Waals surface area (Å²) < 4.78 is 3.88. The van der Waals surface area contributed by atoms with E-state index < -0.39 is 0 Å². The molecule has 2 aromatic carbocycles. The summed E-state index contributed by atoms with van der Waals surface area (Å²) in [6.07, 6.45) is 0.867. The molecular weight excluding hydrogens is 358 g/mol. The first kappa shape index (κ1) is 17.6. The molecule has 0 radical (unpaired) electrons. The average Bonchev–Trinajstić information content (AvgIpc) is 3.18. The Balaban J connectivity index is 1.46. The Morgan fingerprint density at radius 3 is 2.78 bits per heavy atom. The molecule has 0 atom stereocenters. The van der Waals surface area contributed by atoms with Gasteiger partial charge in [-0.25, -0.2) is 4.79 Å². The van der Waals surface area contributed by atoms with Crippen LogP contribution in [0.25, 0.3) is 16.7 Å². The van der Waals surface area contributed by atoms with Crippen molar-refractivity contribution in [2.45, 2.75) is 32.0 Å². The molecule has 2 aromatic heterocycles. The Labute approximate surface area is 161 Å². The van der Waals surface area contributed by atoms with Crippen molar-refractivity contribution in [2.75, 3.05) is 5.75 Å². The van der Waals surface area contributed by atoms with Crippen LogP contribution in [-0.4, -0.2) is 30.1 Å². The van der Waals surface area contributed by atoms with Gasteiger partial charge in [0.1, 0.15) is 5.82 Å². The normalized spacial score (nSPS) is 11.3. The van der Waals surface area contributed by atoms with Gasteiger partial charge in [0.2, 0.25) is 0 Å². The van der Waals surface area contributed by atoms with Gasteiger partial charge in [-0.1, -0.05) is 36.0 Å². The van der Waals surface area contributed by atoms with Gasteiger partial charge in [-0.2, -0.15) is 0 Å². The van der Waals surface area contributed by atoms with E-state index in [-0.39, 0.29) is 5.69 Å². The highest BCUT2D eigenvalue weighted by atomic mass is 32.2. The summed E-state index contributed by atoms with van der Waals surface area (Å²) in [5.41, 5.74) is 4.05. The lowest BCUT2D eigenvalue weighted by atomic mass is 10.2. The third kappa shape index (κ3) is 3.55. The van der Waals surface area contributed by atoms with E-state index in [1.807, 2.05) is 37.3 Å². The van der Waals surface area contributed by atoms with E-state index in [2.05, 4.69) is 44.9 Å². The predicted octanol–water partition coefficient (Wildman–Crippen LogP) is 3.71. The molecule has 2 heterocycles. The van der Waals surface area contributed by atoms with Gasteiger partial charge in [0.05, 0.1) is 11.0 Å². The first-order chi connectivity index (χ1) is 13.1. The van der Waals surface area contributed by atoms with Crippen LogP contribution in [0.3, 0.4) is 0 Å². The highest BCUT2D eigenvalue weighted by Gasteiger charge is 2.12. The van der Waals surface area contributed by atoms with E-state index in [0.29, 0.717) is 6.54 Å². The second-order valence-electron chi connectivity index (χ2n) is 6.51. The minimum atomic E-state index is -0.0556. The van der Waals surface area contributed by atoms with Gasteiger partial charge in [0.25, 0.3) is 0 Å². The standard InChI is InChI=1S/C20H21N5OS/c1-14-7-5-8-16(13-14)25-15(2)22-23-20(25)27-12-6-11-24-18-10-4-3-9-17(18)21-19(24)26/h3-5,7-10,13H,6,11-12H2,1-2H3,(H,21,26). The fourth-order valence-corrected chi connectivity index (χ4v) is 4.14. The number of nitrogens with one attached hydrogen (secondary N) is 1. The lowest BCUT2D eigenvalue weighted by Gasteiger charge is -2.09. The molecule has 0 aliphatic heterocycles. The van der Waals surface area contributed by atoms with Gasteiger partial charge in [-0.15, -0.1) is 10.2 Å². The Morgan fingerprint density at radius 2 is 1.93 bits per heavy atom. The van der Waals surface area contributed by atoms with Crippen molar-refractivity contribution in [1.82, 2.24) is 24.3 Å². The van der Waals surface area contributed by atoms with Crippen molar-refractivity contribution in [3.63, 3.8) is 0 Å². The quantitative estimate of drug-likeness (QED) is 0.410. The number of hydrogen-bond donors (Lipinski definition) is 1. The van der Waals surface area contributed by atoms with Crippen LogP contribution in [0.4, 0.5) is 0 Å². The maximum absolute atomic E-state index is 12.2. The number of imidazole rings is 1. The second kappa shape index (κ2) is 7.44. The predicted molar refractivity (Wildman–Crippen MR) is 109 cm³/mol. The summed E-state index contributed by atoms with van der Waals surface area (Å²) in [6.45, 7) is 4.72. The molecule has 27 heavy (non-hydrogen) atoms. The molecule has 6 nitrogen and oxygen atoms in total. The van der Waals surface area contributed by atoms with Crippen LogP contribution in [0.2, 0.25) is 0 Å². The summed E-state index contributed by atoms with van der Waals surface area (Å²) in [6, 6.07) is 16.1. The van der Waals surface area contributed by atoms with Gasteiger partial charge in [0, 0.05) is 18.0 Å². The molecule has 1 N–H and O–H groups in total. The van der Waals surface area contributed by atoms with Crippen molar-refractivity contribution >= 4 is 22.8 Å². The van der Waals surface area contributed by atoms with E-state index in [9.17, 15) is 4.79 Å². The number of rotatable bonds is 6. The Bertz CT molecular complexity index is 1140. The number of thioether (sulfide) groups is 1. The van der Waals surface area contributed by atoms with Crippen LogP contribution in [0.15, 0.2) is 58.5 Å². The number of H-pyrrole nitrogens is 1. The molecule has 0 fully saturated rings. The fourth-order valence-electron chi connectivity index (χ4n) is 3.22. The lowest BCUT2D eigenvalue weighted by molar-refractivity contribution is 0.678. The number of hydrogen-bond acceptors (Lipinski definition) is 4. The Hall–Kier alpha value is -2.80. The fraction of sp³-hybridized carbons (Fsp3) is 0.250. The third-order valence-electron chi connectivity index (χ3n) is 4.49. The number of aromatic nitrogens is 5. The van der Waals surface area contributed by atoms with Gasteiger partial charge in [-0.3, -0.25) is 9.13 Å². The molecule has 0 aliphatic rings. The largest absolute Gasteiger partial charge is 0.326 e. The molecule has 0 aliphatic carbocycles. The number of para-hydroxylation sites is 2. The Morgan fingerprint density at radius 1 is 1.07 bits per heavy atom. The van der Waals surface area contributed by atoms with Crippen LogP contribution >= 0.6 is 11.8 Å². The number of aromatic amines is 1. The topological polar surface area (TPSA) is 68.5 Å². The molecule has 0 saturated heterocycles. The van der Waals surface area contributed by atoms with E-state index in [4.69, 9.17) is 0 Å². The smallest absolute Gasteiger partial charge is 0.306 e. The van der Waals surface area contributed by atoms with Crippen LogP contribution in [0.5, 0.6) is 0 Å². The van der Waals surface area contributed by atoms with E-state index in [1.54, 1.807) is 16.3 Å². The molecule has 4 aromatic rings. The maximum Gasteiger partial charge on any atom is 0.326 e. The van der Waals surface area contributed by atoms with Crippen molar-refractivity contribution in [2.24, 2.45) is 0 Å². The molecule has 138 valence electrons. The first-order valence-electron chi connectivity index (χ1n) is 8.93. The molecule has 7 heteroatoms. The minimum absolute atomic E-state index is 0.0556. The van der Waals surface area contributed by atoms with Crippen LogP contribution in [0.1, 0.15) is 17.8 Å². The van der Waals surface area contributed by atoms with Crippen molar-refractivity contribution in [3.05, 3.63) is 70.4 Å². The lowest BCUT2D eigenvalue weighted by Crippen LogP contribution is -2.17. The molecule has 0 bridgehead atoms. The molecule has 0 saturated carbocycles. The summed E-state index contributed by atoms with van der Waals surface area (Å²) in [7, 11) is 0. The number of benzene rings is 2. The number of fused-ring (bicyclic) bond motifs is 1. The average molecular weight is 379 g/mol. The molecular formula is C20H21N5OS. The third-order valence-corrected chi connectivity index (χ3v) is 5.51. The SMILES string of the molecule is Cc1cccc(-n2c(C)nnc2SCCCn2c(=O)[nH]c3ccccc32)c1. The zero-order valence-electron chi connectivity index (χ0n) is 15.3. The number of nitrogens with zero attached hydrogens (tertiary/aromatic N) is 4. The van der Waals surface area contributed by atoms with Crippen LogP contribution < -0.4 is 5.69 Å². The summed E-state index contributed by atoms with van der Waals surface area (Å²) in [5, 5.41) is 9.44. The maximum atomic E-state index is 12.2. The second-order valence-corrected chi connectivity index (χ2v) is 7.57. The van der Waals surface area contributed by atoms with Crippen LogP contribution in [-0.2, 0) is 6.54 Å². The van der Waals surface area contributed by atoms with Crippen LogP contribution in [0, 0.1) is 13.8 Å². The molecule has 4 rings (SSSR count). The molecule has 0 amide bonds.